The van der Waals surface area contributed by atoms with E-state index in [1.807, 2.05) is 51.1 Å². The first kappa shape index (κ1) is 24.8. The van der Waals surface area contributed by atoms with Gasteiger partial charge in [0.25, 0.3) is 0 Å². The van der Waals surface area contributed by atoms with Crippen LogP contribution in [-0.2, 0) is 16.1 Å². The van der Waals surface area contributed by atoms with Crippen LogP contribution in [0.5, 0.6) is 0 Å². The number of fused-ring (bicyclic) bond motifs is 2. The summed E-state index contributed by atoms with van der Waals surface area (Å²) in [5, 5.41) is 8.13. The number of amides is 2. The lowest BCUT2D eigenvalue weighted by atomic mass is 10.0. The molecule has 2 amide bonds. The molecule has 1 aliphatic carbocycles. The molecule has 10 nitrogen and oxygen atoms in total. The first-order valence-corrected chi connectivity index (χ1v) is 13.0. The number of hydrogen-bond donors (Lipinski definition) is 1. The van der Waals surface area contributed by atoms with Crippen LogP contribution in [0.3, 0.4) is 0 Å². The van der Waals surface area contributed by atoms with Crippen LogP contribution in [0, 0.1) is 32.6 Å². The highest BCUT2D eigenvalue weighted by Crippen LogP contribution is 2.50. The molecule has 0 radical (unpaired) electrons. The number of benzene rings is 1. The Labute approximate surface area is 225 Å². The minimum absolute atomic E-state index is 0.0677. The number of hydrogen-bond acceptors (Lipinski definition) is 7. The summed E-state index contributed by atoms with van der Waals surface area (Å²) in [6.07, 6.45) is 4.41. The van der Waals surface area contributed by atoms with Crippen molar-refractivity contribution < 1.29 is 14.4 Å². The predicted molar refractivity (Wildman–Crippen MR) is 145 cm³/mol. The highest BCUT2D eigenvalue weighted by atomic mass is 16.2. The molecule has 1 saturated carbocycles. The standard InChI is InChI=1S/C29H29N7O3/c1-15-5-6-16(2)32-28(15)33-29(39)27-22-10-20(22)13-35(27)25(38)14-36-24-8-7-19(21-11-30-18(4)31-12-21)9-23(24)26(34-36)17(3)37/h5-9,11-12,20,22,27H,10,13-14H2,1-4H3,(H,32,33,39)/t20-,22-,27-/m0/s1. The van der Waals surface area contributed by atoms with E-state index in [1.165, 1.54) is 6.92 Å². The van der Waals surface area contributed by atoms with Gasteiger partial charge in [0.05, 0.1) is 5.52 Å². The van der Waals surface area contributed by atoms with Gasteiger partial charge in [0.15, 0.2) is 5.78 Å². The molecule has 2 aliphatic rings. The van der Waals surface area contributed by atoms with Crippen molar-refractivity contribution in [3.8, 4) is 11.1 Å². The molecule has 0 spiro atoms. The number of nitrogens with zero attached hydrogens (tertiary/aromatic N) is 6. The van der Waals surface area contributed by atoms with E-state index in [-0.39, 0.29) is 30.1 Å². The molecule has 10 heteroatoms. The predicted octanol–water partition coefficient (Wildman–Crippen LogP) is 3.50. The van der Waals surface area contributed by atoms with Gasteiger partial charge in [0.2, 0.25) is 11.8 Å². The van der Waals surface area contributed by atoms with Gasteiger partial charge in [0.1, 0.15) is 29.9 Å². The molecule has 0 bridgehead atoms. The van der Waals surface area contributed by atoms with Crippen molar-refractivity contribution in [2.24, 2.45) is 11.8 Å². The summed E-state index contributed by atoms with van der Waals surface area (Å²) >= 11 is 0. The lowest BCUT2D eigenvalue weighted by Gasteiger charge is -2.27. The summed E-state index contributed by atoms with van der Waals surface area (Å²) < 4.78 is 1.56. The van der Waals surface area contributed by atoms with Crippen LogP contribution in [0.15, 0.2) is 42.7 Å². The van der Waals surface area contributed by atoms with Crippen molar-refractivity contribution in [1.29, 1.82) is 0 Å². The Hall–Kier alpha value is -4.47. The molecule has 1 aromatic carbocycles. The molecule has 3 aromatic heterocycles. The Morgan fingerprint density at radius 1 is 1.03 bits per heavy atom. The highest BCUT2D eigenvalue weighted by molar-refractivity contribution is 6.06. The first-order valence-electron chi connectivity index (χ1n) is 13.0. The Morgan fingerprint density at radius 2 is 1.79 bits per heavy atom. The van der Waals surface area contributed by atoms with Gasteiger partial charge in [-0.2, -0.15) is 5.10 Å². The number of nitrogens with one attached hydrogen (secondary N) is 1. The zero-order valence-corrected chi connectivity index (χ0v) is 22.3. The van der Waals surface area contributed by atoms with E-state index in [9.17, 15) is 14.4 Å². The Bertz CT molecular complexity index is 1640. The van der Waals surface area contributed by atoms with Crippen LogP contribution in [-0.4, -0.2) is 59.8 Å². The van der Waals surface area contributed by atoms with Crippen LogP contribution >= 0.6 is 0 Å². The van der Waals surface area contributed by atoms with Gasteiger partial charge < -0.3 is 10.2 Å². The topological polar surface area (TPSA) is 123 Å². The van der Waals surface area contributed by atoms with Gasteiger partial charge in [-0.15, -0.1) is 0 Å². The molecular formula is C29H29N7O3. The van der Waals surface area contributed by atoms with Gasteiger partial charge in [-0.05, 0) is 68.4 Å². The number of ketones is 1. The summed E-state index contributed by atoms with van der Waals surface area (Å²) in [4.78, 5) is 54.1. The number of anilines is 1. The molecule has 39 heavy (non-hydrogen) atoms. The maximum absolute atomic E-state index is 13.6. The quantitative estimate of drug-likeness (QED) is 0.384. The van der Waals surface area contributed by atoms with E-state index < -0.39 is 6.04 Å². The average molecular weight is 524 g/mol. The summed E-state index contributed by atoms with van der Waals surface area (Å²) in [6.45, 7) is 7.52. The second-order valence-corrected chi connectivity index (χ2v) is 10.6. The van der Waals surface area contributed by atoms with Gasteiger partial charge in [-0.3, -0.25) is 19.1 Å². The molecular weight excluding hydrogens is 494 g/mol. The first-order chi connectivity index (χ1) is 18.7. The van der Waals surface area contributed by atoms with Crippen LogP contribution in [0.2, 0.25) is 0 Å². The SMILES string of the molecule is CC(=O)c1nn(CC(=O)N2C[C@@H]3C[C@@H]3[C@H]2C(=O)Nc2nc(C)ccc2C)c2ccc(-c3cnc(C)nc3)cc12. The summed E-state index contributed by atoms with van der Waals surface area (Å²) in [5.74, 6) is 1.08. The van der Waals surface area contributed by atoms with Gasteiger partial charge in [-0.25, -0.2) is 15.0 Å². The molecule has 1 N–H and O–H groups in total. The lowest BCUT2D eigenvalue weighted by Crippen LogP contribution is -2.47. The maximum atomic E-state index is 13.6. The third-order valence-electron chi connectivity index (χ3n) is 7.70. The zero-order valence-electron chi connectivity index (χ0n) is 22.3. The third-order valence-corrected chi connectivity index (χ3v) is 7.70. The number of Topliss-reactive ketones (excluding diaryl/α,β-unsaturated/α-hetero) is 1. The van der Waals surface area contributed by atoms with Crippen molar-refractivity contribution in [3.63, 3.8) is 0 Å². The number of carbonyl (C=O) groups excluding carboxylic acids is 3. The van der Waals surface area contributed by atoms with E-state index in [0.29, 0.717) is 40.7 Å². The molecule has 1 saturated heterocycles. The summed E-state index contributed by atoms with van der Waals surface area (Å²) in [6, 6.07) is 8.91. The minimum atomic E-state index is -0.550. The summed E-state index contributed by atoms with van der Waals surface area (Å²) in [5.41, 5.74) is 4.33. The molecule has 3 atom stereocenters. The highest BCUT2D eigenvalue weighted by Gasteiger charge is 2.56. The van der Waals surface area contributed by atoms with Gasteiger partial charge in [0, 0.05) is 42.5 Å². The van der Waals surface area contributed by atoms with Crippen LogP contribution in [0.1, 0.15) is 40.9 Å². The molecule has 4 heterocycles. The number of pyridine rings is 1. The molecule has 1 aliphatic heterocycles. The zero-order chi connectivity index (χ0) is 27.4. The number of piperidine rings is 1. The van der Waals surface area contributed by atoms with E-state index in [1.54, 1.807) is 22.0 Å². The Balaban J connectivity index is 1.27. The average Bonchev–Trinajstić information content (AvgIpc) is 3.41. The second-order valence-electron chi connectivity index (χ2n) is 10.6. The largest absolute Gasteiger partial charge is 0.328 e. The smallest absolute Gasteiger partial charge is 0.248 e. The number of rotatable bonds is 6. The van der Waals surface area contributed by atoms with Crippen molar-refractivity contribution in [2.45, 2.75) is 46.7 Å². The molecule has 0 unspecified atom stereocenters. The third kappa shape index (κ3) is 4.56. The summed E-state index contributed by atoms with van der Waals surface area (Å²) in [7, 11) is 0. The van der Waals surface area contributed by atoms with Crippen molar-refractivity contribution >= 4 is 34.3 Å². The number of aryl methyl sites for hydroxylation is 3. The molecule has 6 rings (SSSR count). The van der Waals surface area contributed by atoms with E-state index in [2.05, 4.69) is 25.4 Å². The fraction of sp³-hybridized carbons (Fsp3) is 0.345. The number of carbonyl (C=O) groups is 3. The van der Waals surface area contributed by atoms with Crippen LogP contribution in [0.25, 0.3) is 22.0 Å². The molecule has 2 fully saturated rings. The van der Waals surface area contributed by atoms with Crippen molar-refractivity contribution in [1.82, 2.24) is 29.6 Å². The fourth-order valence-electron chi connectivity index (χ4n) is 5.50. The van der Waals surface area contributed by atoms with Crippen LogP contribution < -0.4 is 5.32 Å². The van der Waals surface area contributed by atoms with Gasteiger partial charge in [-0.1, -0.05) is 12.1 Å². The maximum Gasteiger partial charge on any atom is 0.248 e. The fourth-order valence-corrected chi connectivity index (χ4v) is 5.50. The monoisotopic (exact) mass is 523 g/mol. The lowest BCUT2D eigenvalue weighted by molar-refractivity contribution is -0.138. The van der Waals surface area contributed by atoms with E-state index in [0.717, 1.165) is 28.8 Å². The minimum Gasteiger partial charge on any atom is -0.328 e. The van der Waals surface area contributed by atoms with Gasteiger partial charge >= 0.3 is 0 Å². The Morgan fingerprint density at radius 3 is 2.54 bits per heavy atom. The molecule has 198 valence electrons. The molecule has 4 aromatic rings. The van der Waals surface area contributed by atoms with E-state index >= 15 is 0 Å². The van der Waals surface area contributed by atoms with Crippen LogP contribution in [0.4, 0.5) is 5.82 Å². The second kappa shape index (κ2) is 9.37. The number of likely N-dealkylation sites (tertiary alicyclic amines) is 1. The normalized spacial score (nSPS) is 19.7. The number of aromatic nitrogens is 5. The van der Waals surface area contributed by atoms with Crippen molar-refractivity contribution in [2.75, 3.05) is 11.9 Å². The van der Waals surface area contributed by atoms with Crippen molar-refractivity contribution in [3.05, 3.63) is 65.5 Å². The van der Waals surface area contributed by atoms with E-state index in [4.69, 9.17) is 0 Å². The Kier molecular flexibility index (Phi) is 5.97.